The fourth-order valence-corrected chi connectivity index (χ4v) is 2.15. The van der Waals surface area contributed by atoms with E-state index in [0.29, 0.717) is 5.69 Å². The molecule has 0 atom stereocenters. The van der Waals surface area contributed by atoms with Gasteiger partial charge in [-0.25, -0.2) is 0 Å². The number of aromatic nitrogens is 2. The van der Waals surface area contributed by atoms with E-state index in [1.54, 1.807) is 48.9 Å². The highest BCUT2D eigenvalue weighted by Crippen LogP contribution is 2.20. The van der Waals surface area contributed by atoms with Crippen molar-refractivity contribution in [2.75, 3.05) is 5.32 Å². The molecule has 1 aromatic carbocycles. The lowest BCUT2D eigenvalue weighted by Gasteiger charge is -2.08. The van der Waals surface area contributed by atoms with Crippen molar-refractivity contribution in [1.29, 1.82) is 0 Å². The van der Waals surface area contributed by atoms with Crippen LogP contribution < -0.4 is 10.6 Å². The molecule has 0 aliphatic heterocycles. The third-order valence-corrected chi connectivity index (χ3v) is 3.30. The van der Waals surface area contributed by atoms with Gasteiger partial charge in [0, 0.05) is 30.5 Å². The van der Waals surface area contributed by atoms with Crippen molar-refractivity contribution < 1.29 is 9.59 Å². The molecule has 114 valence electrons. The first kappa shape index (κ1) is 14.6. The first-order valence-electron chi connectivity index (χ1n) is 7.06. The minimum atomic E-state index is -0.713. The van der Waals surface area contributed by atoms with E-state index in [1.165, 1.54) is 0 Å². The van der Waals surface area contributed by atoms with E-state index in [-0.39, 0.29) is 6.54 Å². The van der Waals surface area contributed by atoms with Crippen LogP contribution in [0.4, 0.5) is 5.69 Å². The summed E-state index contributed by atoms with van der Waals surface area (Å²) in [7, 11) is 0. The zero-order chi connectivity index (χ0) is 16.1. The largest absolute Gasteiger partial charge is 0.344 e. The number of nitrogens with zero attached hydrogens (tertiary/aromatic N) is 2. The Bertz CT molecular complexity index is 844. The molecule has 0 radical (unpaired) electrons. The molecule has 0 bridgehead atoms. The van der Waals surface area contributed by atoms with Gasteiger partial charge in [0.2, 0.25) is 0 Å². The van der Waals surface area contributed by atoms with Crippen LogP contribution in [0, 0.1) is 0 Å². The highest BCUT2D eigenvalue weighted by atomic mass is 16.2. The van der Waals surface area contributed by atoms with Crippen LogP contribution in [0.1, 0.15) is 5.56 Å². The smallest absolute Gasteiger partial charge is 0.313 e. The molecule has 2 N–H and O–H groups in total. The van der Waals surface area contributed by atoms with E-state index in [9.17, 15) is 9.59 Å². The number of carbonyl (C=O) groups is 2. The van der Waals surface area contributed by atoms with Crippen LogP contribution in [0.3, 0.4) is 0 Å². The van der Waals surface area contributed by atoms with Gasteiger partial charge in [-0.1, -0.05) is 6.07 Å². The number of fused-ring (bicyclic) bond motifs is 1. The highest BCUT2D eigenvalue weighted by Gasteiger charge is 2.14. The van der Waals surface area contributed by atoms with Crippen LogP contribution in [-0.2, 0) is 16.1 Å². The number of anilines is 1. The summed E-state index contributed by atoms with van der Waals surface area (Å²) in [5, 5.41) is 5.97. The average molecular weight is 306 g/mol. The van der Waals surface area contributed by atoms with Gasteiger partial charge in [-0.05, 0) is 42.0 Å². The normalized spacial score (nSPS) is 10.3. The standard InChI is InChI=1S/C17H14N4O2/c22-16(20-11-12-6-9-18-10-7-12)17(23)21-15-5-1-4-14-13(15)3-2-8-19-14/h1-10H,11H2,(H,20,22)(H,21,23). The van der Waals surface area contributed by atoms with Crippen molar-refractivity contribution in [3.63, 3.8) is 0 Å². The molecule has 0 aliphatic carbocycles. The first-order chi connectivity index (χ1) is 11.2. The lowest BCUT2D eigenvalue weighted by molar-refractivity contribution is -0.136. The maximum Gasteiger partial charge on any atom is 0.313 e. The molecular formula is C17H14N4O2. The predicted molar refractivity (Wildman–Crippen MR) is 86.5 cm³/mol. The summed E-state index contributed by atoms with van der Waals surface area (Å²) in [4.78, 5) is 32.0. The molecule has 0 unspecified atom stereocenters. The quantitative estimate of drug-likeness (QED) is 0.724. The van der Waals surface area contributed by atoms with Gasteiger partial charge in [-0.3, -0.25) is 19.6 Å². The lowest BCUT2D eigenvalue weighted by Crippen LogP contribution is -2.35. The van der Waals surface area contributed by atoms with E-state index in [4.69, 9.17) is 0 Å². The first-order valence-corrected chi connectivity index (χ1v) is 7.06. The van der Waals surface area contributed by atoms with Gasteiger partial charge < -0.3 is 10.6 Å². The number of hydrogen-bond acceptors (Lipinski definition) is 4. The number of carbonyl (C=O) groups excluding carboxylic acids is 2. The van der Waals surface area contributed by atoms with E-state index in [1.807, 2.05) is 12.1 Å². The molecule has 3 rings (SSSR count). The zero-order valence-electron chi connectivity index (χ0n) is 12.2. The van der Waals surface area contributed by atoms with E-state index >= 15 is 0 Å². The van der Waals surface area contributed by atoms with Crippen LogP contribution in [0.5, 0.6) is 0 Å². The van der Waals surface area contributed by atoms with Crippen molar-refractivity contribution in [2.24, 2.45) is 0 Å². The zero-order valence-corrected chi connectivity index (χ0v) is 12.2. The summed E-state index contributed by atoms with van der Waals surface area (Å²) in [6.07, 6.45) is 4.94. The van der Waals surface area contributed by atoms with E-state index < -0.39 is 11.8 Å². The van der Waals surface area contributed by atoms with E-state index in [2.05, 4.69) is 20.6 Å². The molecule has 0 aliphatic rings. The summed E-state index contributed by atoms with van der Waals surface area (Å²) in [6.45, 7) is 0.270. The van der Waals surface area contributed by atoms with Crippen LogP contribution >= 0.6 is 0 Å². The van der Waals surface area contributed by atoms with Gasteiger partial charge in [0.1, 0.15) is 0 Å². The molecule has 6 nitrogen and oxygen atoms in total. The van der Waals surface area contributed by atoms with Gasteiger partial charge in [0.15, 0.2) is 0 Å². The maximum atomic E-state index is 12.0. The molecule has 0 spiro atoms. The Morgan fingerprint density at radius 1 is 0.913 bits per heavy atom. The summed E-state index contributed by atoms with van der Waals surface area (Å²) >= 11 is 0. The molecule has 0 saturated carbocycles. The minimum absolute atomic E-state index is 0.270. The topological polar surface area (TPSA) is 84.0 Å². The Balaban J connectivity index is 1.67. The van der Waals surface area contributed by atoms with Crippen LogP contribution in [0.25, 0.3) is 10.9 Å². The number of benzene rings is 1. The maximum absolute atomic E-state index is 12.0. The van der Waals surface area contributed by atoms with Crippen molar-refractivity contribution >= 4 is 28.4 Å². The van der Waals surface area contributed by atoms with Gasteiger partial charge in [0.25, 0.3) is 0 Å². The molecule has 0 fully saturated rings. The second-order valence-corrected chi connectivity index (χ2v) is 4.87. The van der Waals surface area contributed by atoms with Crippen LogP contribution in [0.15, 0.2) is 61.1 Å². The number of amides is 2. The third kappa shape index (κ3) is 3.49. The van der Waals surface area contributed by atoms with Crippen molar-refractivity contribution in [1.82, 2.24) is 15.3 Å². The minimum Gasteiger partial charge on any atom is -0.344 e. The second-order valence-electron chi connectivity index (χ2n) is 4.87. The fraction of sp³-hybridized carbons (Fsp3) is 0.0588. The predicted octanol–water partition coefficient (Wildman–Crippen LogP) is 1.88. The van der Waals surface area contributed by atoms with Crippen molar-refractivity contribution in [3.05, 3.63) is 66.6 Å². The fourth-order valence-electron chi connectivity index (χ4n) is 2.15. The van der Waals surface area contributed by atoms with Gasteiger partial charge in [-0.2, -0.15) is 0 Å². The van der Waals surface area contributed by atoms with Gasteiger partial charge in [0.05, 0.1) is 11.2 Å². The number of nitrogens with one attached hydrogen (secondary N) is 2. The molecule has 2 heterocycles. The Hall–Kier alpha value is -3.28. The second kappa shape index (κ2) is 6.65. The lowest BCUT2D eigenvalue weighted by atomic mass is 10.2. The Morgan fingerprint density at radius 2 is 1.74 bits per heavy atom. The van der Waals surface area contributed by atoms with E-state index in [0.717, 1.165) is 16.5 Å². The summed E-state index contributed by atoms with van der Waals surface area (Å²) in [5.74, 6) is -1.40. The van der Waals surface area contributed by atoms with Gasteiger partial charge in [-0.15, -0.1) is 0 Å². The summed E-state index contributed by atoms with van der Waals surface area (Å²) in [6, 6.07) is 12.5. The van der Waals surface area contributed by atoms with Crippen molar-refractivity contribution in [3.8, 4) is 0 Å². The number of rotatable bonds is 3. The monoisotopic (exact) mass is 306 g/mol. The highest BCUT2D eigenvalue weighted by molar-refractivity contribution is 6.40. The molecule has 6 heteroatoms. The molecule has 23 heavy (non-hydrogen) atoms. The molecule has 0 saturated heterocycles. The third-order valence-electron chi connectivity index (χ3n) is 3.30. The van der Waals surface area contributed by atoms with Crippen LogP contribution in [-0.4, -0.2) is 21.8 Å². The molecular weight excluding hydrogens is 292 g/mol. The SMILES string of the molecule is O=C(NCc1ccncc1)C(=O)Nc1cccc2ncccc12. The summed E-state index contributed by atoms with van der Waals surface area (Å²) < 4.78 is 0. The Kier molecular flexibility index (Phi) is 4.24. The average Bonchev–Trinajstić information content (AvgIpc) is 2.61. The summed E-state index contributed by atoms with van der Waals surface area (Å²) in [5.41, 5.74) is 2.18. The van der Waals surface area contributed by atoms with Crippen molar-refractivity contribution in [2.45, 2.75) is 6.54 Å². The Morgan fingerprint density at radius 3 is 2.57 bits per heavy atom. The molecule has 2 aromatic heterocycles. The number of hydrogen-bond donors (Lipinski definition) is 2. The molecule has 3 aromatic rings. The Labute approximate surface area is 132 Å². The molecule has 2 amide bonds. The van der Waals surface area contributed by atoms with Crippen LogP contribution in [0.2, 0.25) is 0 Å². The number of pyridine rings is 2. The van der Waals surface area contributed by atoms with Gasteiger partial charge >= 0.3 is 11.8 Å².